The van der Waals surface area contributed by atoms with E-state index >= 15 is 0 Å². The van der Waals surface area contributed by atoms with Crippen molar-refractivity contribution < 1.29 is 22.7 Å². The number of ether oxygens (including phenoxy) is 1. The zero-order valence-corrected chi connectivity index (χ0v) is 19.0. The molecule has 7 heteroatoms. The molecule has 1 aromatic carbocycles. The Hall–Kier alpha value is -1.89. The first-order chi connectivity index (χ1) is 14.4. The average Bonchev–Trinajstić information content (AvgIpc) is 2.75. The highest BCUT2D eigenvalue weighted by molar-refractivity contribution is 7.92. The summed E-state index contributed by atoms with van der Waals surface area (Å²) in [5.74, 6) is -0.509. The largest absolute Gasteiger partial charge is 0.461 e. The van der Waals surface area contributed by atoms with Gasteiger partial charge in [0.05, 0.1) is 4.90 Å². The summed E-state index contributed by atoms with van der Waals surface area (Å²) in [5.41, 5.74) is 0. The van der Waals surface area contributed by atoms with E-state index in [1.165, 1.54) is 6.92 Å². The van der Waals surface area contributed by atoms with E-state index in [4.69, 9.17) is 4.74 Å². The van der Waals surface area contributed by atoms with Crippen LogP contribution in [0.4, 0.5) is 0 Å². The molecule has 0 aliphatic carbocycles. The second-order valence-electron chi connectivity index (χ2n) is 8.02. The fraction of sp³-hybridized carbons (Fsp3) is 0.652. The van der Waals surface area contributed by atoms with Crippen LogP contribution >= 0.6 is 0 Å². The van der Waals surface area contributed by atoms with Gasteiger partial charge in [0, 0.05) is 26.4 Å². The summed E-state index contributed by atoms with van der Waals surface area (Å²) in [5, 5.41) is -0.857. The molecule has 1 amide bonds. The standard InChI is InChI=1S/C23H35NO5S/c1-3-4-7-14-22(30(27,28)20-12-8-5-9-13-20)21(29-19(2)25)15-16-23(26)24-17-10-6-11-18-24/h5,8-9,12-13,21-22H,3-4,6-7,10-11,14-18H2,1-2H3. The van der Waals surface area contributed by atoms with Crippen LogP contribution < -0.4 is 0 Å². The number of likely N-dealkylation sites (tertiary alicyclic amines) is 1. The van der Waals surface area contributed by atoms with Crippen molar-refractivity contribution in [2.45, 2.75) is 87.9 Å². The molecular weight excluding hydrogens is 402 g/mol. The number of piperidine rings is 1. The lowest BCUT2D eigenvalue weighted by Crippen LogP contribution is -2.40. The highest BCUT2D eigenvalue weighted by Gasteiger charge is 2.36. The normalized spacial score (nSPS) is 16.7. The summed E-state index contributed by atoms with van der Waals surface area (Å²) in [4.78, 5) is 26.5. The molecule has 1 saturated heterocycles. The SMILES string of the molecule is CCCCCC(C(CCC(=O)N1CCCCC1)OC(C)=O)S(=O)(=O)c1ccccc1. The average molecular weight is 438 g/mol. The summed E-state index contributed by atoms with van der Waals surface area (Å²) < 4.78 is 32.3. The lowest BCUT2D eigenvalue weighted by Gasteiger charge is -2.29. The van der Waals surface area contributed by atoms with E-state index in [-0.39, 0.29) is 23.6 Å². The van der Waals surface area contributed by atoms with Crippen LogP contribution in [0.2, 0.25) is 0 Å². The summed E-state index contributed by atoms with van der Waals surface area (Å²) >= 11 is 0. The van der Waals surface area contributed by atoms with Gasteiger partial charge in [0.15, 0.2) is 9.84 Å². The van der Waals surface area contributed by atoms with Crippen LogP contribution in [0.25, 0.3) is 0 Å². The maximum atomic E-state index is 13.4. The van der Waals surface area contributed by atoms with Crippen molar-refractivity contribution >= 4 is 21.7 Å². The number of hydrogen-bond donors (Lipinski definition) is 0. The fourth-order valence-corrected chi connectivity index (χ4v) is 5.98. The van der Waals surface area contributed by atoms with Crippen molar-refractivity contribution in [3.8, 4) is 0 Å². The molecule has 1 aromatic rings. The number of rotatable bonds is 11. The van der Waals surface area contributed by atoms with Gasteiger partial charge < -0.3 is 9.64 Å². The third kappa shape index (κ3) is 7.11. The minimum absolute atomic E-state index is 0.0104. The lowest BCUT2D eigenvalue weighted by molar-refractivity contribution is -0.148. The van der Waals surface area contributed by atoms with Gasteiger partial charge in [-0.3, -0.25) is 9.59 Å². The molecule has 0 radical (unpaired) electrons. The van der Waals surface area contributed by atoms with Gasteiger partial charge in [-0.1, -0.05) is 44.4 Å². The van der Waals surface area contributed by atoms with Crippen molar-refractivity contribution in [3.05, 3.63) is 30.3 Å². The van der Waals surface area contributed by atoms with Crippen LogP contribution in [-0.2, 0) is 24.2 Å². The number of carbonyl (C=O) groups is 2. The van der Waals surface area contributed by atoms with Crippen molar-refractivity contribution in [2.75, 3.05) is 13.1 Å². The predicted octanol–water partition coefficient (Wildman–Crippen LogP) is 4.13. The molecular formula is C23H35NO5S. The summed E-state index contributed by atoms with van der Waals surface area (Å²) in [6.07, 6.45) is 5.70. The maximum Gasteiger partial charge on any atom is 0.302 e. The molecule has 1 aliphatic heterocycles. The zero-order chi connectivity index (χ0) is 22.0. The second-order valence-corrected chi connectivity index (χ2v) is 10.2. The number of amides is 1. The lowest BCUT2D eigenvalue weighted by atomic mass is 10.0. The third-order valence-electron chi connectivity index (χ3n) is 5.65. The number of carbonyl (C=O) groups excluding carboxylic acids is 2. The first-order valence-corrected chi connectivity index (χ1v) is 12.6. The van der Waals surface area contributed by atoms with Crippen LogP contribution in [0, 0.1) is 0 Å². The van der Waals surface area contributed by atoms with E-state index in [9.17, 15) is 18.0 Å². The molecule has 30 heavy (non-hydrogen) atoms. The van der Waals surface area contributed by atoms with Gasteiger partial charge in [0.2, 0.25) is 5.91 Å². The number of sulfone groups is 1. The van der Waals surface area contributed by atoms with Gasteiger partial charge in [-0.05, 0) is 44.2 Å². The van der Waals surface area contributed by atoms with Gasteiger partial charge in [0.1, 0.15) is 11.4 Å². The Labute approximate surface area is 180 Å². The number of nitrogens with zero attached hydrogens (tertiary/aromatic N) is 1. The van der Waals surface area contributed by atoms with Crippen molar-refractivity contribution in [1.29, 1.82) is 0 Å². The van der Waals surface area contributed by atoms with Crippen LogP contribution in [0.3, 0.4) is 0 Å². The van der Waals surface area contributed by atoms with E-state index in [0.29, 0.717) is 6.42 Å². The molecule has 1 fully saturated rings. The van der Waals surface area contributed by atoms with Crippen molar-refractivity contribution in [3.63, 3.8) is 0 Å². The number of benzene rings is 1. The molecule has 0 saturated carbocycles. The molecule has 2 unspecified atom stereocenters. The molecule has 1 heterocycles. The monoisotopic (exact) mass is 437 g/mol. The Balaban J connectivity index is 2.21. The van der Waals surface area contributed by atoms with Crippen LogP contribution in [0.15, 0.2) is 35.2 Å². The van der Waals surface area contributed by atoms with E-state index < -0.39 is 27.2 Å². The minimum atomic E-state index is -3.70. The number of esters is 1. The van der Waals surface area contributed by atoms with E-state index in [2.05, 4.69) is 6.92 Å². The maximum absolute atomic E-state index is 13.4. The first kappa shape index (κ1) is 24.4. The van der Waals surface area contributed by atoms with Crippen LogP contribution in [0.5, 0.6) is 0 Å². The first-order valence-electron chi connectivity index (χ1n) is 11.1. The zero-order valence-electron chi connectivity index (χ0n) is 18.2. The quantitative estimate of drug-likeness (QED) is 0.384. The van der Waals surface area contributed by atoms with Gasteiger partial charge >= 0.3 is 5.97 Å². The summed E-state index contributed by atoms with van der Waals surface area (Å²) in [6, 6.07) is 8.30. The van der Waals surface area contributed by atoms with E-state index in [1.807, 2.05) is 4.90 Å². The molecule has 0 spiro atoms. The van der Waals surface area contributed by atoms with Crippen LogP contribution in [0.1, 0.15) is 71.6 Å². The summed E-state index contributed by atoms with van der Waals surface area (Å²) in [6.45, 7) is 4.85. The topological polar surface area (TPSA) is 80.8 Å². The fourth-order valence-electron chi connectivity index (χ4n) is 4.02. The Kier molecular flexibility index (Phi) is 9.82. The molecule has 1 aliphatic rings. The van der Waals surface area contributed by atoms with Gasteiger partial charge in [-0.2, -0.15) is 0 Å². The van der Waals surface area contributed by atoms with Gasteiger partial charge in [0.25, 0.3) is 0 Å². The molecule has 2 atom stereocenters. The molecule has 0 aromatic heterocycles. The van der Waals surface area contributed by atoms with Crippen molar-refractivity contribution in [1.82, 2.24) is 4.90 Å². The van der Waals surface area contributed by atoms with Gasteiger partial charge in [-0.15, -0.1) is 0 Å². The highest BCUT2D eigenvalue weighted by Crippen LogP contribution is 2.27. The second kappa shape index (κ2) is 12.1. The molecule has 168 valence electrons. The smallest absolute Gasteiger partial charge is 0.302 e. The third-order valence-corrected chi connectivity index (χ3v) is 7.91. The number of unbranched alkanes of at least 4 members (excludes halogenated alkanes) is 2. The van der Waals surface area contributed by atoms with E-state index in [0.717, 1.165) is 51.6 Å². The summed E-state index contributed by atoms with van der Waals surface area (Å²) in [7, 11) is -3.70. The van der Waals surface area contributed by atoms with Crippen LogP contribution in [-0.4, -0.2) is 49.6 Å². The minimum Gasteiger partial charge on any atom is -0.461 e. The Morgan fingerprint density at radius 2 is 1.70 bits per heavy atom. The van der Waals surface area contributed by atoms with Crippen molar-refractivity contribution in [2.24, 2.45) is 0 Å². The van der Waals surface area contributed by atoms with Gasteiger partial charge in [-0.25, -0.2) is 8.42 Å². The Morgan fingerprint density at radius 3 is 2.30 bits per heavy atom. The number of hydrogen-bond acceptors (Lipinski definition) is 5. The predicted molar refractivity (Wildman–Crippen MR) is 117 cm³/mol. The molecule has 0 N–H and O–H groups in total. The molecule has 0 bridgehead atoms. The van der Waals surface area contributed by atoms with E-state index in [1.54, 1.807) is 30.3 Å². The Morgan fingerprint density at radius 1 is 1.03 bits per heavy atom. The molecule has 2 rings (SSSR count). The highest BCUT2D eigenvalue weighted by atomic mass is 32.2. The Bertz CT molecular complexity index is 772. The molecule has 6 nitrogen and oxygen atoms in total.